The van der Waals surface area contributed by atoms with Crippen molar-refractivity contribution in [1.29, 1.82) is 0 Å². The van der Waals surface area contributed by atoms with E-state index >= 15 is 0 Å². The highest BCUT2D eigenvalue weighted by Gasteiger charge is 2.20. The Bertz CT molecular complexity index is 722. The smallest absolute Gasteiger partial charge is 0.231 e. The summed E-state index contributed by atoms with van der Waals surface area (Å²) in [6.45, 7) is 2.38. The summed E-state index contributed by atoms with van der Waals surface area (Å²) < 4.78 is 10.8. The second-order valence-electron chi connectivity index (χ2n) is 5.82. The number of unbranched alkanes of at least 4 members (excludes halogenated alkanes) is 2. The molecule has 1 unspecified atom stereocenters. The first-order chi connectivity index (χ1) is 11.7. The van der Waals surface area contributed by atoms with Crippen molar-refractivity contribution in [3.8, 4) is 11.5 Å². The lowest BCUT2D eigenvalue weighted by Gasteiger charge is -2.17. The molecule has 0 saturated heterocycles. The van der Waals surface area contributed by atoms with Crippen molar-refractivity contribution in [3.63, 3.8) is 0 Å². The van der Waals surface area contributed by atoms with Crippen LogP contribution < -0.4 is 9.47 Å². The summed E-state index contributed by atoms with van der Waals surface area (Å²) in [6.07, 6.45) is 4.52. The molecule has 1 aliphatic heterocycles. The van der Waals surface area contributed by atoms with Gasteiger partial charge in [-0.3, -0.25) is 0 Å². The van der Waals surface area contributed by atoms with Crippen LogP contribution in [-0.2, 0) is 0 Å². The van der Waals surface area contributed by atoms with Crippen molar-refractivity contribution in [2.45, 2.75) is 32.3 Å². The molecule has 2 aromatic rings. The van der Waals surface area contributed by atoms with Gasteiger partial charge in [-0.05, 0) is 47.4 Å². The summed E-state index contributed by atoms with van der Waals surface area (Å²) >= 11 is 5.99. The number of allylic oxidation sites excluding steroid dienone is 1. The van der Waals surface area contributed by atoms with E-state index in [1.54, 1.807) is 0 Å². The zero-order chi connectivity index (χ0) is 16.9. The Morgan fingerprint density at radius 1 is 1.17 bits per heavy atom. The first-order valence-electron chi connectivity index (χ1n) is 8.22. The number of halogens is 1. The normalized spacial score (nSPS) is 14.7. The zero-order valence-corrected chi connectivity index (χ0v) is 14.4. The number of hydrogen-bond acceptors (Lipinski definition) is 3. The number of hydrogen-bond donors (Lipinski definition) is 1. The van der Waals surface area contributed by atoms with E-state index in [1.165, 1.54) is 0 Å². The van der Waals surface area contributed by atoms with E-state index in [1.807, 2.05) is 42.5 Å². The van der Waals surface area contributed by atoms with Crippen molar-refractivity contribution in [2.24, 2.45) is 0 Å². The number of fused-ring (bicyclic) bond motifs is 1. The lowest BCUT2D eigenvalue weighted by molar-refractivity contribution is 0.173. The molecule has 0 bridgehead atoms. The number of benzene rings is 2. The molecule has 1 N–H and O–H groups in total. The van der Waals surface area contributed by atoms with Crippen LogP contribution in [0.3, 0.4) is 0 Å². The van der Waals surface area contributed by atoms with Gasteiger partial charge in [-0.2, -0.15) is 0 Å². The van der Waals surface area contributed by atoms with Gasteiger partial charge < -0.3 is 14.6 Å². The van der Waals surface area contributed by atoms with Crippen molar-refractivity contribution < 1.29 is 14.6 Å². The number of aliphatic hydroxyl groups is 1. The molecule has 24 heavy (non-hydrogen) atoms. The van der Waals surface area contributed by atoms with Crippen molar-refractivity contribution >= 4 is 17.2 Å². The molecule has 0 amide bonds. The summed E-state index contributed by atoms with van der Waals surface area (Å²) in [7, 11) is 0. The van der Waals surface area contributed by atoms with Gasteiger partial charge in [0.1, 0.15) is 6.10 Å². The molecule has 0 saturated carbocycles. The van der Waals surface area contributed by atoms with Gasteiger partial charge >= 0.3 is 0 Å². The van der Waals surface area contributed by atoms with Gasteiger partial charge in [0.25, 0.3) is 0 Å². The van der Waals surface area contributed by atoms with Crippen LogP contribution in [0.4, 0.5) is 0 Å². The molecule has 0 aliphatic carbocycles. The summed E-state index contributed by atoms with van der Waals surface area (Å²) in [5.74, 6) is 1.39. The first-order valence-corrected chi connectivity index (χ1v) is 8.60. The molecule has 1 aliphatic rings. The average Bonchev–Trinajstić information content (AvgIpc) is 3.07. The van der Waals surface area contributed by atoms with E-state index in [-0.39, 0.29) is 6.79 Å². The zero-order valence-electron chi connectivity index (χ0n) is 13.7. The van der Waals surface area contributed by atoms with E-state index in [0.717, 1.165) is 36.0 Å². The van der Waals surface area contributed by atoms with Crippen LogP contribution >= 0.6 is 11.6 Å². The Morgan fingerprint density at radius 2 is 1.92 bits per heavy atom. The van der Waals surface area contributed by atoms with Crippen LogP contribution in [-0.4, -0.2) is 11.9 Å². The minimum atomic E-state index is -0.725. The van der Waals surface area contributed by atoms with E-state index in [0.29, 0.717) is 16.5 Å². The largest absolute Gasteiger partial charge is 0.454 e. The highest BCUT2D eigenvalue weighted by Crippen LogP contribution is 2.38. The summed E-state index contributed by atoms with van der Waals surface area (Å²) in [6, 6.07) is 13.1. The Kier molecular flexibility index (Phi) is 5.44. The SMILES string of the molecule is CCCC/C=C(\c1ccc(Cl)cc1)C(O)c1ccc2c(c1)OCO2. The second-order valence-corrected chi connectivity index (χ2v) is 6.26. The van der Waals surface area contributed by atoms with Crippen LogP contribution in [0.25, 0.3) is 5.57 Å². The number of ether oxygens (including phenoxy) is 2. The molecule has 3 nitrogen and oxygen atoms in total. The molecule has 4 heteroatoms. The molecule has 1 atom stereocenters. The van der Waals surface area contributed by atoms with Crippen LogP contribution in [0.5, 0.6) is 11.5 Å². The minimum absolute atomic E-state index is 0.227. The van der Waals surface area contributed by atoms with E-state index in [4.69, 9.17) is 21.1 Å². The van der Waals surface area contributed by atoms with Gasteiger partial charge in [0.15, 0.2) is 11.5 Å². The third-order valence-electron chi connectivity index (χ3n) is 4.11. The first kappa shape index (κ1) is 16.9. The fraction of sp³-hybridized carbons (Fsp3) is 0.300. The molecule has 0 radical (unpaired) electrons. The molecule has 0 fully saturated rings. The van der Waals surface area contributed by atoms with Crippen molar-refractivity contribution in [1.82, 2.24) is 0 Å². The third-order valence-corrected chi connectivity index (χ3v) is 4.36. The molecule has 126 valence electrons. The van der Waals surface area contributed by atoms with Crippen molar-refractivity contribution in [2.75, 3.05) is 6.79 Å². The monoisotopic (exact) mass is 344 g/mol. The molecular formula is C20H21ClO3. The Morgan fingerprint density at radius 3 is 2.67 bits per heavy atom. The van der Waals surface area contributed by atoms with Gasteiger partial charge in [-0.1, -0.05) is 55.6 Å². The fourth-order valence-electron chi connectivity index (χ4n) is 2.75. The minimum Gasteiger partial charge on any atom is -0.454 e. The highest BCUT2D eigenvalue weighted by molar-refractivity contribution is 6.30. The fourth-order valence-corrected chi connectivity index (χ4v) is 2.88. The predicted octanol–water partition coefficient (Wildman–Crippen LogP) is 5.38. The van der Waals surface area contributed by atoms with Gasteiger partial charge in [-0.15, -0.1) is 0 Å². The maximum Gasteiger partial charge on any atom is 0.231 e. The second kappa shape index (κ2) is 7.73. The van der Waals surface area contributed by atoms with Gasteiger partial charge in [-0.25, -0.2) is 0 Å². The predicted molar refractivity (Wildman–Crippen MR) is 96.5 cm³/mol. The van der Waals surface area contributed by atoms with Crippen LogP contribution in [0, 0.1) is 0 Å². The summed E-state index contributed by atoms with van der Waals surface area (Å²) in [4.78, 5) is 0. The molecule has 0 aromatic heterocycles. The lowest BCUT2D eigenvalue weighted by Crippen LogP contribution is -2.01. The maximum atomic E-state index is 10.9. The van der Waals surface area contributed by atoms with Crippen LogP contribution in [0.1, 0.15) is 43.4 Å². The van der Waals surface area contributed by atoms with Gasteiger partial charge in [0.05, 0.1) is 0 Å². The third kappa shape index (κ3) is 3.74. The Balaban J connectivity index is 1.92. The maximum absolute atomic E-state index is 10.9. The van der Waals surface area contributed by atoms with Gasteiger partial charge in [0.2, 0.25) is 6.79 Å². The summed E-state index contributed by atoms with van der Waals surface area (Å²) in [5.41, 5.74) is 2.65. The average molecular weight is 345 g/mol. The van der Waals surface area contributed by atoms with Gasteiger partial charge in [0, 0.05) is 5.02 Å². The van der Waals surface area contributed by atoms with E-state index in [2.05, 4.69) is 13.0 Å². The number of aliphatic hydroxyl groups excluding tert-OH is 1. The highest BCUT2D eigenvalue weighted by atomic mass is 35.5. The number of rotatable bonds is 6. The molecule has 1 heterocycles. The van der Waals surface area contributed by atoms with E-state index < -0.39 is 6.10 Å². The van der Waals surface area contributed by atoms with Crippen LogP contribution in [0.2, 0.25) is 5.02 Å². The topological polar surface area (TPSA) is 38.7 Å². The summed E-state index contributed by atoms with van der Waals surface area (Å²) in [5, 5.41) is 11.6. The molecule has 0 spiro atoms. The molecule has 2 aromatic carbocycles. The molecule has 3 rings (SSSR count). The van der Waals surface area contributed by atoms with Crippen molar-refractivity contribution in [3.05, 3.63) is 64.7 Å². The standard InChI is InChI=1S/C20H21ClO3/c1-2-3-4-5-17(14-6-9-16(21)10-7-14)20(22)15-8-11-18-19(12-15)24-13-23-18/h5-12,20,22H,2-4,13H2,1H3/b17-5+. The molecular weight excluding hydrogens is 324 g/mol. The Hall–Kier alpha value is -1.97. The Labute approximate surface area is 147 Å². The lowest BCUT2D eigenvalue weighted by atomic mass is 9.93. The van der Waals surface area contributed by atoms with E-state index in [9.17, 15) is 5.11 Å². The van der Waals surface area contributed by atoms with Crippen LogP contribution in [0.15, 0.2) is 48.5 Å². The quantitative estimate of drug-likeness (QED) is 0.715.